The molecule has 0 aliphatic heterocycles. The van der Waals surface area contributed by atoms with Crippen LogP contribution in [0.25, 0.3) is 0 Å². The molecule has 1 rings (SSSR count). The molecule has 0 spiro atoms. The zero-order chi connectivity index (χ0) is 13.1. The molecular weight excluding hydrogens is 214 g/mol. The minimum Gasteiger partial charge on any atom is -0.496 e. The van der Waals surface area contributed by atoms with Crippen molar-refractivity contribution in [3.05, 3.63) is 29.3 Å². The summed E-state index contributed by atoms with van der Waals surface area (Å²) in [5, 5.41) is 13.4. The van der Waals surface area contributed by atoms with Gasteiger partial charge in [0.15, 0.2) is 0 Å². The quantitative estimate of drug-likeness (QED) is 0.825. The fourth-order valence-corrected chi connectivity index (χ4v) is 1.97. The van der Waals surface area contributed by atoms with Crippen LogP contribution in [0.4, 0.5) is 0 Å². The largest absolute Gasteiger partial charge is 0.496 e. The highest BCUT2D eigenvalue weighted by atomic mass is 16.5. The summed E-state index contributed by atoms with van der Waals surface area (Å²) in [4.78, 5) is 0. The molecule has 1 aromatic rings. The Kier molecular flexibility index (Phi) is 4.54. The van der Waals surface area contributed by atoms with Gasteiger partial charge in [0.2, 0.25) is 0 Å². The molecule has 96 valence electrons. The van der Waals surface area contributed by atoms with E-state index in [1.807, 2.05) is 32.2 Å². The van der Waals surface area contributed by atoms with Crippen molar-refractivity contribution in [1.82, 2.24) is 5.32 Å². The number of benzene rings is 1. The molecule has 0 saturated carbocycles. The standard InChI is InChI=1S/C14H23NO2/c1-10(2)12-8-11(6-7-13(12)17-5)14(3,16)9-15-4/h6-8,10,15-16H,9H2,1-5H3. The summed E-state index contributed by atoms with van der Waals surface area (Å²) < 4.78 is 5.34. The van der Waals surface area contributed by atoms with E-state index in [0.29, 0.717) is 12.5 Å². The maximum atomic E-state index is 10.4. The van der Waals surface area contributed by atoms with E-state index in [0.717, 1.165) is 16.9 Å². The fraction of sp³-hybridized carbons (Fsp3) is 0.571. The molecule has 2 N–H and O–H groups in total. The lowest BCUT2D eigenvalue weighted by molar-refractivity contribution is 0.0590. The van der Waals surface area contributed by atoms with E-state index in [-0.39, 0.29) is 0 Å². The molecular formula is C14H23NO2. The van der Waals surface area contributed by atoms with Crippen molar-refractivity contribution in [2.45, 2.75) is 32.3 Å². The first kappa shape index (κ1) is 14.0. The molecule has 0 aliphatic carbocycles. The maximum absolute atomic E-state index is 10.4. The van der Waals surface area contributed by atoms with Crippen molar-refractivity contribution < 1.29 is 9.84 Å². The van der Waals surface area contributed by atoms with Gasteiger partial charge in [-0.15, -0.1) is 0 Å². The zero-order valence-electron chi connectivity index (χ0n) is 11.4. The van der Waals surface area contributed by atoms with Gasteiger partial charge >= 0.3 is 0 Å². The van der Waals surface area contributed by atoms with Crippen molar-refractivity contribution in [3.8, 4) is 5.75 Å². The van der Waals surface area contributed by atoms with E-state index in [9.17, 15) is 5.11 Å². The van der Waals surface area contributed by atoms with Crippen LogP contribution in [0.1, 0.15) is 37.8 Å². The van der Waals surface area contributed by atoms with E-state index in [2.05, 4.69) is 19.2 Å². The number of nitrogens with one attached hydrogen (secondary N) is 1. The first-order chi connectivity index (χ1) is 7.92. The molecule has 0 saturated heterocycles. The Bertz CT molecular complexity index is 372. The van der Waals surface area contributed by atoms with Gasteiger partial charge in [0.25, 0.3) is 0 Å². The Morgan fingerprint density at radius 3 is 2.53 bits per heavy atom. The monoisotopic (exact) mass is 237 g/mol. The molecule has 0 aromatic heterocycles. The Balaban J connectivity index is 3.16. The highest BCUT2D eigenvalue weighted by Crippen LogP contribution is 2.31. The molecule has 0 aliphatic rings. The van der Waals surface area contributed by atoms with Crippen LogP contribution in [0.15, 0.2) is 18.2 Å². The first-order valence-corrected chi connectivity index (χ1v) is 5.97. The van der Waals surface area contributed by atoms with Gasteiger partial charge < -0.3 is 15.2 Å². The van der Waals surface area contributed by atoms with Crippen LogP contribution in [-0.2, 0) is 5.60 Å². The van der Waals surface area contributed by atoms with Crippen molar-refractivity contribution in [2.75, 3.05) is 20.7 Å². The number of hydrogen-bond acceptors (Lipinski definition) is 3. The van der Waals surface area contributed by atoms with Gasteiger partial charge in [-0.1, -0.05) is 19.9 Å². The Morgan fingerprint density at radius 1 is 1.41 bits per heavy atom. The predicted octanol–water partition coefficient (Wildman–Crippen LogP) is 2.25. The third-order valence-electron chi connectivity index (χ3n) is 2.99. The van der Waals surface area contributed by atoms with Gasteiger partial charge in [-0.05, 0) is 43.1 Å². The van der Waals surface area contributed by atoms with Gasteiger partial charge in [-0.25, -0.2) is 0 Å². The van der Waals surface area contributed by atoms with Gasteiger partial charge in [-0.2, -0.15) is 0 Å². The molecule has 1 unspecified atom stereocenters. The smallest absolute Gasteiger partial charge is 0.122 e. The average molecular weight is 237 g/mol. The summed E-state index contributed by atoms with van der Waals surface area (Å²) in [6, 6.07) is 5.87. The SMILES string of the molecule is CNCC(C)(O)c1ccc(OC)c(C(C)C)c1. The Morgan fingerprint density at radius 2 is 2.06 bits per heavy atom. The number of rotatable bonds is 5. The predicted molar refractivity (Wildman–Crippen MR) is 70.6 cm³/mol. The Labute approximate surface area is 104 Å². The van der Waals surface area contributed by atoms with Crippen LogP contribution < -0.4 is 10.1 Å². The van der Waals surface area contributed by atoms with E-state index in [1.54, 1.807) is 7.11 Å². The molecule has 0 amide bonds. The first-order valence-electron chi connectivity index (χ1n) is 5.97. The molecule has 0 radical (unpaired) electrons. The molecule has 3 heteroatoms. The second-order valence-corrected chi connectivity index (χ2v) is 4.92. The van der Waals surface area contributed by atoms with Crippen molar-refractivity contribution >= 4 is 0 Å². The highest BCUT2D eigenvalue weighted by Gasteiger charge is 2.23. The highest BCUT2D eigenvalue weighted by molar-refractivity contribution is 5.41. The number of likely N-dealkylation sites (N-methyl/N-ethyl adjacent to an activating group) is 1. The number of hydrogen-bond donors (Lipinski definition) is 2. The molecule has 0 bridgehead atoms. The van der Waals surface area contributed by atoms with Crippen LogP contribution in [0.5, 0.6) is 5.75 Å². The van der Waals surface area contributed by atoms with Crippen molar-refractivity contribution in [1.29, 1.82) is 0 Å². The maximum Gasteiger partial charge on any atom is 0.122 e. The van der Waals surface area contributed by atoms with E-state index >= 15 is 0 Å². The Hall–Kier alpha value is -1.06. The third kappa shape index (κ3) is 3.20. The van der Waals surface area contributed by atoms with Gasteiger partial charge in [0, 0.05) is 6.54 Å². The summed E-state index contributed by atoms with van der Waals surface area (Å²) >= 11 is 0. The minimum absolute atomic E-state index is 0.371. The fourth-order valence-electron chi connectivity index (χ4n) is 1.97. The molecule has 1 atom stereocenters. The van der Waals surface area contributed by atoms with Crippen LogP contribution in [0.2, 0.25) is 0 Å². The normalized spacial score (nSPS) is 14.8. The molecule has 0 fully saturated rings. The molecule has 1 aromatic carbocycles. The third-order valence-corrected chi connectivity index (χ3v) is 2.99. The molecule has 17 heavy (non-hydrogen) atoms. The molecule has 0 heterocycles. The molecule has 3 nitrogen and oxygen atoms in total. The number of aliphatic hydroxyl groups is 1. The van der Waals surface area contributed by atoms with Crippen LogP contribution >= 0.6 is 0 Å². The summed E-state index contributed by atoms with van der Waals surface area (Å²) in [5.74, 6) is 1.25. The average Bonchev–Trinajstić information content (AvgIpc) is 2.28. The van der Waals surface area contributed by atoms with Gasteiger partial charge in [0.05, 0.1) is 12.7 Å². The van der Waals surface area contributed by atoms with Crippen molar-refractivity contribution in [2.24, 2.45) is 0 Å². The topological polar surface area (TPSA) is 41.5 Å². The van der Waals surface area contributed by atoms with Crippen molar-refractivity contribution in [3.63, 3.8) is 0 Å². The van der Waals surface area contributed by atoms with E-state index in [4.69, 9.17) is 4.74 Å². The summed E-state index contributed by atoms with van der Waals surface area (Å²) in [5.41, 5.74) is 1.18. The van der Waals surface area contributed by atoms with Gasteiger partial charge in [0.1, 0.15) is 5.75 Å². The second-order valence-electron chi connectivity index (χ2n) is 4.92. The summed E-state index contributed by atoms with van der Waals surface area (Å²) in [7, 11) is 3.51. The lowest BCUT2D eigenvalue weighted by atomic mass is 9.91. The van der Waals surface area contributed by atoms with E-state index < -0.39 is 5.60 Å². The lowest BCUT2D eigenvalue weighted by Crippen LogP contribution is -2.33. The number of methoxy groups -OCH3 is 1. The zero-order valence-corrected chi connectivity index (χ0v) is 11.4. The van der Waals surface area contributed by atoms with E-state index in [1.165, 1.54) is 0 Å². The van der Waals surface area contributed by atoms with Gasteiger partial charge in [-0.3, -0.25) is 0 Å². The summed E-state index contributed by atoms with van der Waals surface area (Å²) in [6.07, 6.45) is 0. The lowest BCUT2D eigenvalue weighted by Gasteiger charge is -2.25. The minimum atomic E-state index is -0.856. The second kappa shape index (κ2) is 5.52. The summed E-state index contributed by atoms with van der Waals surface area (Å²) in [6.45, 7) is 6.58. The van der Waals surface area contributed by atoms with Crippen LogP contribution in [0, 0.1) is 0 Å². The van der Waals surface area contributed by atoms with Crippen LogP contribution in [-0.4, -0.2) is 25.8 Å². The number of ether oxygens (including phenoxy) is 1. The van der Waals surface area contributed by atoms with Crippen LogP contribution in [0.3, 0.4) is 0 Å².